The Morgan fingerprint density at radius 3 is 2.84 bits per heavy atom. The molecule has 4 heteroatoms. The summed E-state index contributed by atoms with van der Waals surface area (Å²) in [5, 5.41) is 6.89. The molecule has 2 N–H and O–H groups in total. The Labute approximate surface area is 116 Å². The third-order valence-corrected chi connectivity index (χ3v) is 3.57. The van der Waals surface area contributed by atoms with Gasteiger partial charge in [-0.25, -0.2) is 0 Å². The van der Waals surface area contributed by atoms with E-state index in [0.717, 1.165) is 32.6 Å². The summed E-state index contributed by atoms with van der Waals surface area (Å²) >= 11 is 0. The molecule has 106 valence electrons. The highest BCUT2D eigenvalue weighted by atomic mass is 15.2. The fraction of sp³-hybridized carbons (Fsp3) is 0.667. The standard InChI is InChI=1S/C15H26N4/c1-2-8-18-15(5-1)6-9-16-7-3-4-12-19-13-10-17-11-14-19/h1-2,5,8,16-17H,3-4,6-7,9-14H2. The van der Waals surface area contributed by atoms with Crippen molar-refractivity contribution in [2.24, 2.45) is 0 Å². The molecule has 2 heterocycles. The van der Waals surface area contributed by atoms with Gasteiger partial charge in [0.15, 0.2) is 0 Å². The normalized spacial score (nSPS) is 16.6. The van der Waals surface area contributed by atoms with Gasteiger partial charge in [-0.3, -0.25) is 4.98 Å². The summed E-state index contributed by atoms with van der Waals surface area (Å²) in [5.74, 6) is 0. The zero-order chi connectivity index (χ0) is 13.2. The topological polar surface area (TPSA) is 40.2 Å². The van der Waals surface area contributed by atoms with E-state index in [2.05, 4.69) is 32.7 Å². The van der Waals surface area contributed by atoms with Gasteiger partial charge in [0.1, 0.15) is 0 Å². The summed E-state index contributed by atoms with van der Waals surface area (Å²) in [7, 11) is 0. The van der Waals surface area contributed by atoms with Crippen LogP contribution in [0.25, 0.3) is 0 Å². The Morgan fingerprint density at radius 2 is 2.05 bits per heavy atom. The molecule has 1 aliphatic heterocycles. The maximum absolute atomic E-state index is 4.32. The third-order valence-electron chi connectivity index (χ3n) is 3.57. The number of hydrogen-bond acceptors (Lipinski definition) is 4. The Kier molecular flexibility index (Phi) is 6.85. The first-order valence-electron chi connectivity index (χ1n) is 7.49. The predicted octanol–water partition coefficient (Wildman–Crippen LogP) is 0.899. The van der Waals surface area contributed by atoms with Crippen LogP contribution in [0.1, 0.15) is 18.5 Å². The van der Waals surface area contributed by atoms with Gasteiger partial charge < -0.3 is 15.5 Å². The molecule has 1 aliphatic rings. The number of rotatable bonds is 8. The lowest BCUT2D eigenvalue weighted by molar-refractivity contribution is 0.236. The van der Waals surface area contributed by atoms with E-state index in [1.807, 2.05) is 12.3 Å². The fourth-order valence-electron chi connectivity index (χ4n) is 2.41. The van der Waals surface area contributed by atoms with E-state index >= 15 is 0 Å². The highest BCUT2D eigenvalue weighted by Gasteiger charge is 2.07. The van der Waals surface area contributed by atoms with Crippen molar-refractivity contribution in [1.29, 1.82) is 0 Å². The lowest BCUT2D eigenvalue weighted by Gasteiger charge is -2.27. The Balaban J connectivity index is 1.42. The quantitative estimate of drug-likeness (QED) is 0.683. The molecule has 0 aromatic carbocycles. The Bertz CT molecular complexity index is 322. The maximum Gasteiger partial charge on any atom is 0.0416 e. The van der Waals surface area contributed by atoms with Crippen molar-refractivity contribution in [1.82, 2.24) is 20.5 Å². The van der Waals surface area contributed by atoms with Crippen molar-refractivity contribution in [3.05, 3.63) is 30.1 Å². The Hall–Kier alpha value is -0.970. The van der Waals surface area contributed by atoms with E-state index in [0.29, 0.717) is 0 Å². The highest BCUT2D eigenvalue weighted by Crippen LogP contribution is 1.97. The summed E-state index contributed by atoms with van der Waals surface area (Å²) in [6.07, 6.45) is 5.46. The lowest BCUT2D eigenvalue weighted by atomic mass is 10.2. The van der Waals surface area contributed by atoms with Gasteiger partial charge in [0.25, 0.3) is 0 Å². The maximum atomic E-state index is 4.32. The van der Waals surface area contributed by atoms with Crippen LogP contribution >= 0.6 is 0 Å². The largest absolute Gasteiger partial charge is 0.316 e. The second-order valence-corrected chi connectivity index (χ2v) is 5.12. The van der Waals surface area contributed by atoms with Crippen LogP contribution in [0.5, 0.6) is 0 Å². The zero-order valence-electron chi connectivity index (χ0n) is 11.8. The van der Waals surface area contributed by atoms with Crippen LogP contribution in [0.15, 0.2) is 24.4 Å². The van der Waals surface area contributed by atoms with Gasteiger partial charge in [-0.05, 0) is 38.1 Å². The van der Waals surface area contributed by atoms with Crippen LogP contribution < -0.4 is 10.6 Å². The zero-order valence-corrected chi connectivity index (χ0v) is 11.8. The Morgan fingerprint density at radius 1 is 1.16 bits per heavy atom. The summed E-state index contributed by atoms with van der Waals surface area (Å²) in [5.41, 5.74) is 1.18. The molecule has 0 radical (unpaired) electrons. The van der Waals surface area contributed by atoms with E-state index in [4.69, 9.17) is 0 Å². The van der Waals surface area contributed by atoms with Crippen molar-refractivity contribution in [3.8, 4) is 0 Å². The lowest BCUT2D eigenvalue weighted by Crippen LogP contribution is -2.43. The molecule has 1 aromatic rings. The molecule has 4 nitrogen and oxygen atoms in total. The van der Waals surface area contributed by atoms with Crippen molar-refractivity contribution in [2.75, 3.05) is 45.8 Å². The predicted molar refractivity (Wildman–Crippen MR) is 79.4 cm³/mol. The van der Waals surface area contributed by atoms with Crippen LogP contribution in [0.4, 0.5) is 0 Å². The number of nitrogens with one attached hydrogen (secondary N) is 2. The molecular weight excluding hydrogens is 236 g/mol. The van der Waals surface area contributed by atoms with E-state index in [1.165, 1.54) is 38.2 Å². The van der Waals surface area contributed by atoms with Gasteiger partial charge >= 0.3 is 0 Å². The van der Waals surface area contributed by atoms with Crippen molar-refractivity contribution >= 4 is 0 Å². The molecule has 2 rings (SSSR count). The number of pyridine rings is 1. The second kappa shape index (κ2) is 9.02. The van der Waals surface area contributed by atoms with E-state index in [1.54, 1.807) is 0 Å². The van der Waals surface area contributed by atoms with Crippen LogP contribution in [0.3, 0.4) is 0 Å². The van der Waals surface area contributed by atoms with Gasteiger partial charge in [0, 0.05) is 51.0 Å². The van der Waals surface area contributed by atoms with E-state index in [9.17, 15) is 0 Å². The molecule has 0 aliphatic carbocycles. The minimum atomic E-state index is 1.03. The molecule has 0 unspecified atom stereocenters. The smallest absolute Gasteiger partial charge is 0.0416 e. The number of aromatic nitrogens is 1. The molecule has 0 amide bonds. The van der Waals surface area contributed by atoms with Crippen molar-refractivity contribution < 1.29 is 0 Å². The van der Waals surface area contributed by atoms with Crippen molar-refractivity contribution in [2.45, 2.75) is 19.3 Å². The fourth-order valence-corrected chi connectivity index (χ4v) is 2.41. The number of piperazine rings is 1. The second-order valence-electron chi connectivity index (χ2n) is 5.12. The number of unbranched alkanes of at least 4 members (excludes halogenated alkanes) is 1. The molecule has 1 aromatic heterocycles. The summed E-state index contributed by atoms with van der Waals surface area (Å²) in [6, 6.07) is 6.11. The monoisotopic (exact) mass is 262 g/mol. The van der Waals surface area contributed by atoms with E-state index < -0.39 is 0 Å². The minimum Gasteiger partial charge on any atom is -0.316 e. The van der Waals surface area contributed by atoms with Gasteiger partial charge in [0.2, 0.25) is 0 Å². The SMILES string of the molecule is c1ccc(CCNCCCCN2CCNCC2)nc1. The summed E-state index contributed by atoms with van der Waals surface area (Å²) in [6.45, 7) is 8.15. The first-order valence-corrected chi connectivity index (χ1v) is 7.49. The first-order chi connectivity index (χ1) is 9.45. The summed E-state index contributed by atoms with van der Waals surface area (Å²) < 4.78 is 0. The average Bonchev–Trinajstić information content (AvgIpc) is 2.48. The van der Waals surface area contributed by atoms with Gasteiger partial charge in [-0.2, -0.15) is 0 Å². The third kappa shape index (κ3) is 6.14. The molecular formula is C15H26N4. The molecule has 0 bridgehead atoms. The van der Waals surface area contributed by atoms with Crippen LogP contribution in [-0.2, 0) is 6.42 Å². The molecule has 0 spiro atoms. The molecule has 1 fully saturated rings. The minimum absolute atomic E-state index is 1.03. The molecule has 0 saturated carbocycles. The first kappa shape index (κ1) is 14.4. The van der Waals surface area contributed by atoms with Crippen LogP contribution in [0, 0.1) is 0 Å². The molecule has 19 heavy (non-hydrogen) atoms. The number of hydrogen-bond donors (Lipinski definition) is 2. The molecule has 1 saturated heterocycles. The van der Waals surface area contributed by atoms with E-state index in [-0.39, 0.29) is 0 Å². The highest BCUT2D eigenvalue weighted by molar-refractivity contribution is 5.03. The average molecular weight is 262 g/mol. The van der Waals surface area contributed by atoms with Gasteiger partial charge in [0.05, 0.1) is 0 Å². The van der Waals surface area contributed by atoms with Gasteiger partial charge in [-0.15, -0.1) is 0 Å². The van der Waals surface area contributed by atoms with Crippen molar-refractivity contribution in [3.63, 3.8) is 0 Å². The number of nitrogens with zero attached hydrogens (tertiary/aromatic N) is 2. The van der Waals surface area contributed by atoms with Gasteiger partial charge in [-0.1, -0.05) is 6.07 Å². The molecule has 0 atom stereocenters. The van der Waals surface area contributed by atoms with Crippen LogP contribution in [0.2, 0.25) is 0 Å². The summed E-state index contributed by atoms with van der Waals surface area (Å²) in [4.78, 5) is 6.88. The van der Waals surface area contributed by atoms with Crippen LogP contribution in [-0.4, -0.2) is 55.7 Å².